The summed E-state index contributed by atoms with van der Waals surface area (Å²) in [7, 11) is 0. The largest absolute Gasteiger partial charge is 0.302 e. The van der Waals surface area contributed by atoms with Gasteiger partial charge in [0.1, 0.15) is 23.8 Å². The van der Waals surface area contributed by atoms with E-state index in [1.165, 1.54) is 6.92 Å². The van der Waals surface area contributed by atoms with E-state index in [0.29, 0.717) is 19.1 Å². The van der Waals surface area contributed by atoms with Crippen molar-refractivity contribution in [1.29, 1.82) is 0 Å². The van der Waals surface area contributed by atoms with Gasteiger partial charge in [0, 0.05) is 6.42 Å². The summed E-state index contributed by atoms with van der Waals surface area (Å²) in [4.78, 5) is 31.8. The minimum atomic E-state index is -1.02. The Hall–Kier alpha value is -0.990. The number of carbonyl (C=O) groups excluding carboxylic acids is 3. The van der Waals surface area contributed by atoms with Crippen molar-refractivity contribution in [3.8, 4) is 0 Å². The summed E-state index contributed by atoms with van der Waals surface area (Å²) in [6, 6.07) is 0. The van der Waals surface area contributed by atoms with Gasteiger partial charge in [0.05, 0.1) is 0 Å². The molecular weight excluding hydrogens is 144 g/mol. The maximum atomic E-state index is 11.0. The van der Waals surface area contributed by atoms with Crippen molar-refractivity contribution in [2.45, 2.75) is 26.7 Å². The number of aldehydes is 1. The monoisotopic (exact) mass is 156 g/mol. The highest BCUT2D eigenvalue weighted by molar-refractivity contribution is 6.12. The highest BCUT2D eigenvalue weighted by Gasteiger charge is 2.20. The third kappa shape index (κ3) is 3.07. The first-order valence-electron chi connectivity index (χ1n) is 3.62. The van der Waals surface area contributed by atoms with Gasteiger partial charge in [0.15, 0.2) is 0 Å². The van der Waals surface area contributed by atoms with Crippen molar-refractivity contribution in [2.75, 3.05) is 0 Å². The van der Waals surface area contributed by atoms with E-state index in [9.17, 15) is 14.4 Å². The van der Waals surface area contributed by atoms with Crippen LogP contribution in [0, 0.1) is 5.92 Å². The predicted octanol–water partition coefficient (Wildman–Crippen LogP) is 0.760. The van der Waals surface area contributed by atoms with Crippen LogP contribution in [0.5, 0.6) is 0 Å². The molecule has 0 fully saturated rings. The lowest BCUT2D eigenvalue weighted by atomic mass is 9.99. The minimum Gasteiger partial charge on any atom is -0.302 e. The fourth-order valence-corrected chi connectivity index (χ4v) is 0.800. The molecule has 0 rings (SSSR count). The molecule has 0 N–H and O–H groups in total. The van der Waals surface area contributed by atoms with Crippen LogP contribution in [0.3, 0.4) is 0 Å². The topological polar surface area (TPSA) is 51.2 Å². The van der Waals surface area contributed by atoms with E-state index in [1.807, 2.05) is 6.92 Å². The summed E-state index contributed by atoms with van der Waals surface area (Å²) >= 11 is 0. The van der Waals surface area contributed by atoms with E-state index in [1.54, 1.807) is 0 Å². The molecule has 0 amide bonds. The van der Waals surface area contributed by atoms with Gasteiger partial charge < -0.3 is 4.79 Å². The van der Waals surface area contributed by atoms with Crippen LogP contribution in [-0.2, 0) is 14.4 Å². The molecule has 0 aliphatic rings. The lowest BCUT2D eigenvalue weighted by Crippen LogP contribution is -2.22. The molecule has 0 heterocycles. The molecule has 0 aromatic carbocycles. The maximum absolute atomic E-state index is 11.0. The minimum absolute atomic E-state index is 0.269. The van der Waals surface area contributed by atoms with Gasteiger partial charge >= 0.3 is 0 Å². The standard InChI is InChI=1S/C8H12O3/c1-3-4-8(11)7(5-9)6(2)10/h5,7H,3-4H2,1-2H3. The first kappa shape index (κ1) is 10.0. The number of hydrogen-bond donors (Lipinski definition) is 0. The highest BCUT2D eigenvalue weighted by Crippen LogP contribution is 2.01. The summed E-state index contributed by atoms with van der Waals surface area (Å²) in [6.07, 6.45) is 1.40. The Labute approximate surface area is 65.8 Å². The zero-order valence-electron chi connectivity index (χ0n) is 6.79. The normalized spacial score (nSPS) is 12.2. The van der Waals surface area contributed by atoms with Crippen LogP contribution in [0.4, 0.5) is 0 Å². The van der Waals surface area contributed by atoms with Crippen LogP contribution in [-0.4, -0.2) is 17.9 Å². The second-order valence-electron chi connectivity index (χ2n) is 2.44. The van der Waals surface area contributed by atoms with Gasteiger partial charge in [-0.2, -0.15) is 0 Å². The highest BCUT2D eigenvalue weighted by atomic mass is 16.2. The fraction of sp³-hybridized carbons (Fsp3) is 0.625. The first-order valence-corrected chi connectivity index (χ1v) is 3.62. The molecule has 0 spiro atoms. The molecule has 0 aromatic rings. The lowest BCUT2D eigenvalue weighted by Gasteiger charge is -2.02. The lowest BCUT2D eigenvalue weighted by molar-refractivity contribution is -0.134. The van der Waals surface area contributed by atoms with Crippen LogP contribution in [0.25, 0.3) is 0 Å². The van der Waals surface area contributed by atoms with Crippen molar-refractivity contribution in [3.63, 3.8) is 0 Å². The van der Waals surface area contributed by atoms with E-state index in [-0.39, 0.29) is 11.6 Å². The van der Waals surface area contributed by atoms with E-state index in [4.69, 9.17) is 0 Å². The second kappa shape index (κ2) is 4.77. The first-order chi connectivity index (χ1) is 5.13. The van der Waals surface area contributed by atoms with E-state index >= 15 is 0 Å². The van der Waals surface area contributed by atoms with Gasteiger partial charge in [-0.05, 0) is 13.3 Å². The number of rotatable bonds is 5. The Kier molecular flexibility index (Phi) is 4.34. The predicted molar refractivity (Wildman–Crippen MR) is 40.2 cm³/mol. The Morgan fingerprint density at radius 1 is 1.45 bits per heavy atom. The van der Waals surface area contributed by atoms with Crippen molar-refractivity contribution >= 4 is 17.9 Å². The van der Waals surface area contributed by atoms with E-state index in [2.05, 4.69) is 0 Å². The van der Waals surface area contributed by atoms with Crippen molar-refractivity contribution in [3.05, 3.63) is 0 Å². The molecule has 3 heteroatoms. The molecule has 11 heavy (non-hydrogen) atoms. The molecule has 0 aromatic heterocycles. The molecular formula is C8H12O3. The third-order valence-electron chi connectivity index (χ3n) is 1.42. The molecule has 62 valence electrons. The second-order valence-corrected chi connectivity index (χ2v) is 2.44. The molecule has 0 aliphatic carbocycles. The molecule has 0 saturated carbocycles. The number of carbonyl (C=O) groups is 3. The molecule has 0 radical (unpaired) electrons. The molecule has 0 bridgehead atoms. The number of ketones is 2. The quantitative estimate of drug-likeness (QED) is 0.436. The van der Waals surface area contributed by atoms with Gasteiger partial charge in [0.2, 0.25) is 0 Å². The summed E-state index contributed by atoms with van der Waals surface area (Å²) in [5, 5.41) is 0. The van der Waals surface area contributed by atoms with Gasteiger partial charge in [-0.15, -0.1) is 0 Å². The van der Waals surface area contributed by atoms with Crippen LogP contribution in [0.1, 0.15) is 26.7 Å². The van der Waals surface area contributed by atoms with Crippen LogP contribution in [0.2, 0.25) is 0 Å². The molecule has 1 atom stereocenters. The average molecular weight is 156 g/mol. The van der Waals surface area contributed by atoms with Gasteiger partial charge in [-0.3, -0.25) is 9.59 Å². The summed E-state index contributed by atoms with van der Waals surface area (Å²) in [6.45, 7) is 3.09. The van der Waals surface area contributed by atoms with Gasteiger partial charge in [-0.25, -0.2) is 0 Å². The van der Waals surface area contributed by atoms with Gasteiger partial charge in [-0.1, -0.05) is 6.92 Å². The van der Waals surface area contributed by atoms with E-state index < -0.39 is 5.92 Å². The Balaban J connectivity index is 4.14. The molecule has 3 nitrogen and oxygen atoms in total. The van der Waals surface area contributed by atoms with Crippen molar-refractivity contribution in [2.24, 2.45) is 5.92 Å². The van der Waals surface area contributed by atoms with E-state index in [0.717, 1.165) is 0 Å². The molecule has 0 saturated heterocycles. The zero-order chi connectivity index (χ0) is 8.85. The molecule has 0 aliphatic heterocycles. The number of hydrogen-bond acceptors (Lipinski definition) is 3. The molecule has 1 unspecified atom stereocenters. The zero-order valence-corrected chi connectivity index (χ0v) is 6.79. The Bertz CT molecular complexity index is 172. The maximum Gasteiger partial charge on any atom is 0.150 e. The SMILES string of the molecule is CCCC(=O)C(C=O)C(C)=O. The Morgan fingerprint density at radius 2 is 2.00 bits per heavy atom. The summed E-state index contributed by atoms with van der Waals surface area (Å²) in [5.74, 6) is -1.65. The summed E-state index contributed by atoms with van der Waals surface area (Å²) < 4.78 is 0. The van der Waals surface area contributed by atoms with Crippen molar-refractivity contribution in [1.82, 2.24) is 0 Å². The smallest absolute Gasteiger partial charge is 0.150 e. The number of Topliss-reactive ketones (excluding diaryl/α,β-unsaturated/α-hetero) is 2. The Morgan fingerprint density at radius 3 is 2.27 bits per heavy atom. The van der Waals surface area contributed by atoms with Crippen LogP contribution >= 0.6 is 0 Å². The fourth-order valence-electron chi connectivity index (χ4n) is 0.800. The van der Waals surface area contributed by atoms with Gasteiger partial charge in [0.25, 0.3) is 0 Å². The van der Waals surface area contributed by atoms with Crippen LogP contribution in [0.15, 0.2) is 0 Å². The third-order valence-corrected chi connectivity index (χ3v) is 1.42. The summed E-state index contributed by atoms with van der Waals surface area (Å²) in [5.41, 5.74) is 0. The van der Waals surface area contributed by atoms with Crippen LogP contribution < -0.4 is 0 Å². The van der Waals surface area contributed by atoms with Crippen molar-refractivity contribution < 1.29 is 14.4 Å². The average Bonchev–Trinajstić information content (AvgIpc) is 1.88.